The van der Waals surface area contributed by atoms with Crippen LogP contribution in [0.1, 0.15) is 0 Å². The summed E-state index contributed by atoms with van der Waals surface area (Å²) in [4.78, 5) is 22.7. The Morgan fingerprint density at radius 1 is 1.47 bits per heavy atom. The zero-order valence-corrected chi connectivity index (χ0v) is 9.25. The van der Waals surface area contributed by atoms with Crippen LogP contribution in [0.4, 0.5) is 0 Å². The van der Waals surface area contributed by atoms with Crippen LogP contribution in [-0.4, -0.2) is 17.6 Å². The first kappa shape index (κ1) is 11.2. The number of aromatic nitrogens is 1. The normalized spacial score (nSPS) is 10.2. The van der Waals surface area contributed by atoms with E-state index in [1.54, 1.807) is 18.2 Å². The number of carbonyl (C=O) groups is 1. The molecule has 2 aromatic rings. The van der Waals surface area contributed by atoms with Crippen LogP contribution in [0.25, 0.3) is 11.3 Å². The molecule has 0 bridgehead atoms. The third-order valence-corrected chi connectivity index (χ3v) is 2.33. The Bertz CT molecular complexity index is 568. The van der Waals surface area contributed by atoms with Crippen LogP contribution in [0.2, 0.25) is 0 Å². The fourth-order valence-corrected chi connectivity index (χ4v) is 1.44. The molecular weight excluding hydrogens is 222 g/mol. The first-order valence-corrected chi connectivity index (χ1v) is 5.02. The summed E-state index contributed by atoms with van der Waals surface area (Å²) in [6.07, 6.45) is 3.08. The minimum atomic E-state index is -0.460. The maximum atomic E-state index is 11.7. The highest BCUT2D eigenvalue weighted by molar-refractivity contribution is 5.69. The minimum absolute atomic E-state index is 0.0895. The molecule has 0 saturated heterocycles. The zero-order chi connectivity index (χ0) is 12.3. The smallest absolute Gasteiger partial charge is 0.325 e. The molecule has 0 aliphatic carbocycles. The molecule has 0 amide bonds. The van der Waals surface area contributed by atoms with Gasteiger partial charge in [0.05, 0.1) is 13.4 Å². The average Bonchev–Trinajstić information content (AvgIpc) is 2.85. The fraction of sp³-hybridized carbons (Fsp3) is 0.167. The molecular formula is C12H11NO4. The number of nitrogens with zero attached hydrogens (tertiary/aromatic N) is 1. The van der Waals surface area contributed by atoms with Crippen LogP contribution < -0.4 is 5.56 Å². The van der Waals surface area contributed by atoms with Gasteiger partial charge in [0, 0.05) is 17.8 Å². The van der Waals surface area contributed by atoms with Crippen molar-refractivity contribution in [3.05, 3.63) is 47.1 Å². The summed E-state index contributed by atoms with van der Waals surface area (Å²) in [6.45, 7) is -0.0895. The van der Waals surface area contributed by atoms with Gasteiger partial charge in [-0.1, -0.05) is 0 Å². The van der Waals surface area contributed by atoms with Crippen LogP contribution in [0.3, 0.4) is 0 Å². The molecule has 0 spiro atoms. The number of furan rings is 1. The molecule has 5 nitrogen and oxygen atoms in total. The van der Waals surface area contributed by atoms with E-state index >= 15 is 0 Å². The van der Waals surface area contributed by atoms with E-state index in [-0.39, 0.29) is 12.1 Å². The van der Waals surface area contributed by atoms with Gasteiger partial charge in [-0.3, -0.25) is 9.59 Å². The monoisotopic (exact) mass is 233 g/mol. The molecule has 0 aliphatic heterocycles. The third-order valence-electron chi connectivity index (χ3n) is 2.33. The first-order valence-electron chi connectivity index (χ1n) is 5.02. The van der Waals surface area contributed by atoms with Crippen molar-refractivity contribution in [3.8, 4) is 11.3 Å². The van der Waals surface area contributed by atoms with Crippen LogP contribution >= 0.6 is 0 Å². The van der Waals surface area contributed by atoms with E-state index in [0.717, 1.165) is 0 Å². The standard InChI is InChI=1S/C12H11NO4/c1-16-12(15)8-13-5-4-9(7-11(13)14)10-3-2-6-17-10/h2-7H,8H2,1H3. The molecule has 2 heterocycles. The van der Waals surface area contributed by atoms with Crippen LogP contribution in [-0.2, 0) is 16.1 Å². The van der Waals surface area contributed by atoms with Gasteiger partial charge in [0.2, 0.25) is 0 Å². The van der Waals surface area contributed by atoms with Crippen LogP contribution in [0.15, 0.2) is 45.9 Å². The molecule has 0 radical (unpaired) electrons. The van der Waals surface area contributed by atoms with Crippen LogP contribution in [0, 0.1) is 0 Å². The Hall–Kier alpha value is -2.30. The highest BCUT2D eigenvalue weighted by Gasteiger charge is 2.06. The minimum Gasteiger partial charge on any atom is -0.468 e. The lowest BCUT2D eigenvalue weighted by Crippen LogP contribution is -2.23. The lowest BCUT2D eigenvalue weighted by Gasteiger charge is -2.04. The van der Waals surface area contributed by atoms with E-state index < -0.39 is 5.97 Å². The SMILES string of the molecule is COC(=O)Cn1ccc(-c2ccco2)cc1=O. The van der Waals surface area contributed by atoms with Gasteiger partial charge in [0.25, 0.3) is 5.56 Å². The quantitative estimate of drug-likeness (QED) is 0.749. The van der Waals surface area contributed by atoms with Gasteiger partial charge >= 0.3 is 5.97 Å². The highest BCUT2D eigenvalue weighted by atomic mass is 16.5. The van der Waals surface area contributed by atoms with Gasteiger partial charge in [-0.2, -0.15) is 0 Å². The summed E-state index contributed by atoms with van der Waals surface area (Å²) in [5.41, 5.74) is 0.408. The van der Waals surface area contributed by atoms with Gasteiger partial charge in [0.15, 0.2) is 0 Å². The van der Waals surface area contributed by atoms with Crippen molar-refractivity contribution >= 4 is 5.97 Å². The lowest BCUT2D eigenvalue weighted by molar-refractivity contribution is -0.141. The van der Waals surface area contributed by atoms with Gasteiger partial charge in [-0.05, 0) is 18.2 Å². The number of pyridine rings is 1. The second-order valence-electron chi connectivity index (χ2n) is 3.43. The first-order chi connectivity index (χ1) is 8.20. The molecule has 5 heteroatoms. The third kappa shape index (κ3) is 2.44. The molecule has 0 aliphatic rings. The number of hydrogen-bond acceptors (Lipinski definition) is 4. The summed E-state index contributed by atoms with van der Waals surface area (Å²) in [5.74, 6) is 0.158. The molecule has 0 N–H and O–H groups in total. The van der Waals surface area contributed by atoms with E-state index in [9.17, 15) is 9.59 Å². The number of rotatable bonds is 3. The highest BCUT2D eigenvalue weighted by Crippen LogP contribution is 2.16. The molecule has 17 heavy (non-hydrogen) atoms. The van der Waals surface area contributed by atoms with Crippen molar-refractivity contribution in [2.24, 2.45) is 0 Å². The molecule has 0 unspecified atom stereocenters. The Morgan fingerprint density at radius 2 is 2.29 bits per heavy atom. The van der Waals surface area contributed by atoms with E-state index in [0.29, 0.717) is 11.3 Å². The molecule has 2 rings (SSSR count). The maximum Gasteiger partial charge on any atom is 0.325 e. The topological polar surface area (TPSA) is 61.4 Å². The maximum absolute atomic E-state index is 11.7. The molecule has 2 aromatic heterocycles. The lowest BCUT2D eigenvalue weighted by atomic mass is 10.2. The van der Waals surface area contributed by atoms with E-state index in [4.69, 9.17) is 4.42 Å². The van der Waals surface area contributed by atoms with Gasteiger partial charge in [-0.15, -0.1) is 0 Å². The zero-order valence-electron chi connectivity index (χ0n) is 9.25. The number of methoxy groups -OCH3 is 1. The van der Waals surface area contributed by atoms with E-state index in [1.807, 2.05) is 0 Å². The van der Waals surface area contributed by atoms with E-state index in [2.05, 4.69) is 4.74 Å². The largest absolute Gasteiger partial charge is 0.468 e. The average molecular weight is 233 g/mol. The number of carbonyl (C=O) groups excluding carboxylic acids is 1. The second-order valence-corrected chi connectivity index (χ2v) is 3.43. The summed E-state index contributed by atoms with van der Waals surface area (Å²) >= 11 is 0. The summed E-state index contributed by atoms with van der Waals surface area (Å²) in [6, 6.07) is 6.64. The number of ether oxygens (including phenoxy) is 1. The van der Waals surface area contributed by atoms with Crippen molar-refractivity contribution in [1.29, 1.82) is 0 Å². The summed E-state index contributed by atoms with van der Waals surface area (Å²) < 4.78 is 10.9. The van der Waals surface area contributed by atoms with Gasteiger partial charge in [-0.25, -0.2) is 0 Å². The fourth-order valence-electron chi connectivity index (χ4n) is 1.44. The summed E-state index contributed by atoms with van der Waals surface area (Å²) in [7, 11) is 1.28. The Balaban J connectivity index is 2.29. The molecule has 0 atom stereocenters. The van der Waals surface area contributed by atoms with Crippen molar-refractivity contribution in [3.63, 3.8) is 0 Å². The van der Waals surface area contributed by atoms with Crippen molar-refractivity contribution in [2.45, 2.75) is 6.54 Å². The van der Waals surface area contributed by atoms with Crippen LogP contribution in [0.5, 0.6) is 0 Å². The molecule has 88 valence electrons. The van der Waals surface area contributed by atoms with Gasteiger partial charge < -0.3 is 13.7 Å². The number of hydrogen-bond donors (Lipinski definition) is 0. The predicted octanol–water partition coefficient (Wildman–Crippen LogP) is 1.28. The molecule has 0 saturated carbocycles. The Kier molecular flexibility index (Phi) is 3.09. The molecule has 0 fully saturated rings. The second kappa shape index (κ2) is 4.69. The summed E-state index contributed by atoms with van der Waals surface area (Å²) in [5, 5.41) is 0. The van der Waals surface area contributed by atoms with Crippen molar-refractivity contribution in [2.75, 3.05) is 7.11 Å². The Labute approximate surface area is 97.2 Å². The molecule has 0 aromatic carbocycles. The Morgan fingerprint density at radius 3 is 2.88 bits per heavy atom. The van der Waals surface area contributed by atoms with Crippen molar-refractivity contribution < 1.29 is 13.9 Å². The van der Waals surface area contributed by atoms with Gasteiger partial charge in [0.1, 0.15) is 12.3 Å². The number of esters is 1. The van der Waals surface area contributed by atoms with E-state index in [1.165, 1.54) is 30.2 Å². The predicted molar refractivity (Wildman–Crippen MR) is 60.4 cm³/mol. The van der Waals surface area contributed by atoms with Crippen molar-refractivity contribution in [1.82, 2.24) is 4.57 Å².